The van der Waals surface area contributed by atoms with Gasteiger partial charge in [0, 0.05) is 17.8 Å². The molecule has 7 heteroatoms. The van der Waals surface area contributed by atoms with Crippen LogP contribution in [0.25, 0.3) is 0 Å². The Bertz CT molecular complexity index is 799. The van der Waals surface area contributed by atoms with Gasteiger partial charge in [-0.15, -0.1) is 24.0 Å². The Morgan fingerprint density at radius 1 is 1.00 bits per heavy atom. The molecule has 6 nitrogen and oxygen atoms in total. The molecule has 0 fully saturated rings. The van der Waals surface area contributed by atoms with E-state index in [9.17, 15) is 0 Å². The number of nitrogens with zero attached hydrogens (tertiary/aromatic N) is 1. The fourth-order valence-corrected chi connectivity index (χ4v) is 3.23. The van der Waals surface area contributed by atoms with Crippen molar-refractivity contribution in [3.63, 3.8) is 0 Å². The number of guanidine groups is 1. The summed E-state index contributed by atoms with van der Waals surface area (Å²) in [5.41, 5.74) is 10.7. The number of anilines is 1. The summed E-state index contributed by atoms with van der Waals surface area (Å²) in [5.74, 6) is 2.31. The molecular formula is C20H26IN3O3. The van der Waals surface area contributed by atoms with Crippen molar-refractivity contribution in [3.8, 4) is 17.2 Å². The van der Waals surface area contributed by atoms with Crippen LogP contribution in [0.1, 0.15) is 23.1 Å². The first-order valence-corrected chi connectivity index (χ1v) is 8.62. The highest BCUT2D eigenvalue weighted by Gasteiger charge is 2.14. The second-order valence-corrected chi connectivity index (χ2v) is 6.17. The number of aliphatic imine (C=N–C) groups is 1. The Balaban J connectivity index is 0.00000261. The number of hydrogen-bond acceptors (Lipinski definition) is 4. The van der Waals surface area contributed by atoms with Gasteiger partial charge in [0.25, 0.3) is 0 Å². The van der Waals surface area contributed by atoms with Gasteiger partial charge in [0.1, 0.15) is 17.2 Å². The lowest BCUT2D eigenvalue weighted by molar-refractivity contribution is 0.369. The van der Waals surface area contributed by atoms with E-state index in [0.717, 1.165) is 24.1 Å². The Morgan fingerprint density at radius 2 is 1.67 bits per heavy atom. The van der Waals surface area contributed by atoms with Gasteiger partial charge in [0.05, 0.1) is 33.4 Å². The molecule has 0 aliphatic heterocycles. The summed E-state index contributed by atoms with van der Waals surface area (Å²) in [6, 6.07) is 9.96. The van der Waals surface area contributed by atoms with E-state index in [1.54, 1.807) is 33.5 Å². The van der Waals surface area contributed by atoms with Crippen molar-refractivity contribution >= 4 is 35.6 Å². The smallest absolute Gasteiger partial charge is 0.193 e. The van der Waals surface area contributed by atoms with Gasteiger partial charge < -0.3 is 25.3 Å². The lowest BCUT2D eigenvalue weighted by Crippen LogP contribution is -2.22. The van der Waals surface area contributed by atoms with Gasteiger partial charge in [-0.05, 0) is 42.5 Å². The molecule has 0 radical (unpaired) electrons. The van der Waals surface area contributed by atoms with E-state index < -0.39 is 0 Å². The van der Waals surface area contributed by atoms with Gasteiger partial charge in [-0.3, -0.25) is 0 Å². The van der Waals surface area contributed by atoms with E-state index in [1.807, 2.05) is 6.07 Å². The van der Waals surface area contributed by atoms with E-state index in [-0.39, 0.29) is 24.0 Å². The number of hydrogen-bond donors (Lipinski definition) is 2. The Labute approximate surface area is 177 Å². The quantitative estimate of drug-likeness (QED) is 0.372. The minimum absolute atomic E-state index is 0. The molecule has 2 aromatic rings. The van der Waals surface area contributed by atoms with Crippen LogP contribution in [0, 0.1) is 0 Å². The average Bonchev–Trinajstić information content (AvgIpc) is 3.13. The number of ether oxygens (including phenoxy) is 3. The molecular weight excluding hydrogens is 457 g/mol. The maximum atomic E-state index is 6.07. The molecule has 0 unspecified atom stereocenters. The van der Waals surface area contributed by atoms with Crippen molar-refractivity contribution in [2.24, 2.45) is 10.7 Å². The third-order valence-corrected chi connectivity index (χ3v) is 4.60. The normalized spacial score (nSPS) is 12.8. The molecule has 0 amide bonds. The number of nitrogens with one attached hydrogen (secondary N) is 1. The summed E-state index contributed by atoms with van der Waals surface area (Å²) in [7, 11) is 4.81. The minimum Gasteiger partial charge on any atom is -0.496 e. The summed E-state index contributed by atoms with van der Waals surface area (Å²) >= 11 is 0. The van der Waals surface area contributed by atoms with E-state index in [4.69, 9.17) is 19.9 Å². The van der Waals surface area contributed by atoms with Gasteiger partial charge in [0.2, 0.25) is 0 Å². The van der Waals surface area contributed by atoms with E-state index in [1.165, 1.54) is 17.5 Å². The van der Waals surface area contributed by atoms with Crippen LogP contribution in [0.3, 0.4) is 0 Å². The monoisotopic (exact) mass is 483 g/mol. The standard InChI is InChI=1S/C20H25N3O3.HI/c1-24-16-10-18(25-2)17(19(11-16)26-3)12-22-20(21)23-15-8-7-13-5-4-6-14(13)9-15;/h7-11H,4-6,12H2,1-3H3,(H3,21,22,23);1H. The summed E-state index contributed by atoms with van der Waals surface area (Å²) in [4.78, 5) is 4.44. The van der Waals surface area contributed by atoms with Crippen molar-refractivity contribution in [2.45, 2.75) is 25.8 Å². The van der Waals surface area contributed by atoms with E-state index >= 15 is 0 Å². The number of methoxy groups -OCH3 is 3. The van der Waals surface area contributed by atoms with E-state index in [2.05, 4.69) is 22.4 Å². The van der Waals surface area contributed by atoms with Crippen LogP contribution in [-0.2, 0) is 19.4 Å². The Hall–Kier alpha value is -2.16. The number of fused-ring (bicyclic) bond motifs is 1. The summed E-state index contributed by atoms with van der Waals surface area (Å²) in [6.45, 7) is 0.333. The summed E-state index contributed by atoms with van der Waals surface area (Å²) < 4.78 is 16.1. The third-order valence-electron chi connectivity index (χ3n) is 4.60. The first-order chi connectivity index (χ1) is 12.6. The molecule has 0 atom stereocenters. The molecule has 0 heterocycles. The Morgan fingerprint density at radius 3 is 2.30 bits per heavy atom. The highest BCUT2D eigenvalue weighted by atomic mass is 127. The predicted molar refractivity (Wildman–Crippen MR) is 119 cm³/mol. The molecule has 0 saturated carbocycles. The van der Waals surface area contributed by atoms with Crippen LogP contribution in [0.15, 0.2) is 35.3 Å². The van der Waals surface area contributed by atoms with Crippen LogP contribution in [-0.4, -0.2) is 27.3 Å². The molecule has 1 aliphatic rings. The van der Waals surface area contributed by atoms with Crippen molar-refractivity contribution in [1.29, 1.82) is 0 Å². The molecule has 0 bridgehead atoms. The number of aryl methyl sites for hydroxylation is 2. The zero-order valence-corrected chi connectivity index (χ0v) is 18.2. The van der Waals surface area contributed by atoms with Crippen molar-refractivity contribution in [3.05, 3.63) is 47.0 Å². The maximum absolute atomic E-state index is 6.07. The van der Waals surface area contributed by atoms with Crippen molar-refractivity contribution < 1.29 is 14.2 Å². The van der Waals surface area contributed by atoms with Crippen LogP contribution in [0.2, 0.25) is 0 Å². The lowest BCUT2D eigenvalue weighted by atomic mass is 10.1. The largest absolute Gasteiger partial charge is 0.496 e. The SMILES string of the molecule is COc1cc(OC)c(CN=C(N)Nc2ccc3c(c2)CCC3)c(OC)c1.I. The number of halogens is 1. The third kappa shape index (κ3) is 4.97. The maximum Gasteiger partial charge on any atom is 0.193 e. The highest BCUT2D eigenvalue weighted by molar-refractivity contribution is 14.0. The number of rotatable bonds is 6. The molecule has 2 aromatic carbocycles. The van der Waals surface area contributed by atoms with E-state index in [0.29, 0.717) is 29.8 Å². The van der Waals surface area contributed by atoms with Crippen molar-refractivity contribution in [1.82, 2.24) is 0 Å². The predicted octanol–water partition coefficient (Wildman–Crippen LogP) is 3.75. The molecule has 3 N–H and O–H groups in total. The first-order valence-electron chi connectivity index (χ1n) is 8.62. The zero-order valence-electron chi connectivity index (χ0n) is 15.9. The summed E-state index contributed by atoms with van der Waals surface area (Å²) in [5, 5.41) is 3.16. The molecule has 0 aromatic heterocycles. The highest BCUT2D eigenvalue weighted by Crippen LogP contribution is 2.34. The zero-order chi connectivity index (χ0) is 18.5. The first kappa shape index (κ1) is 21.1. The second-order valence-electron chi connectivity index (χ2n) is 6.17. The number of benzene rings is 2. The molecule has 1 aliphatic carbocycles. The van der Waals surface area contributed by atoms with Crippen LogP contribution in [0.4, 0.5) is 5.69 Å². The number of nitrogens with two attached hydrogens (primary N) is 1. The van der Waals surface area contributed by atoms with Crippen LogP contribution >= 0.6 is 24.0 Å². The van der Waals surface area contributed by atoms with Crippen LogP contribution in [0.5, 0.6) is 17.2 Å². The van der Waals surface area contributed by atoms with Gasteiger partial charge in [0.15, 0.2) is 5.96 Å². The fraction of sp³-hybridized carbons (Fsp3) is 0.350. The van der Waals surface area contributed by atoms with Gasteiger partial charge >= 0.3 is 0 Å². The molecule has 0 saturated heterocycles. The molecule has 0 spiro atoms. The topological polar surface area (TPSA) is 78.1 Å². The van der Waals surface area contributed by atoms with Crippen molar-refractivity contribution in [2.75, 3.05) is 26.6 Å². The van der Waals surface area contributed by atoms with Gasteiger partial charge in [-0.2, -0.15) is 0 Å². The molecule has 27 heavy (non-hydrogen) atoms. The second kappa shape index (κ2) is 9.68. The minimum atomic E-state index is 0. The Kier molecular flexibility index (Phi) is 7.58. The van der Waals surface area contributed by atoms with Gasteiger partial charge in [-0.25, -0.2) is 4.99 Å². The fourth-order valence-electron chi connectivity index (χ4n) is 3.23. The van der Waals surface area contributed by atoms with Crippen LogP contribution < -0.4 is 25.3 Å². The van der Waals surface area contributed by atoms with Gasteiger partial charge in [-0.1, -0.05) is 6.07 Å². The molecule has 3 rings (SSSR count). The summed E-state index contributed by atoms with van der Waals surface area (Å²) in [6.07, 6.45) is 3.51. The lowest BCUT2D eigenvalue weighted by Gasteiger charge is -2.14. The average molecular weight is 483 g/mol. The molecule has 146 valence electrons.